The number of hydrogen-bond donors (Lipinski definition) is 1. The molecular formula is C18H27N3O2. The van der Waals surface area contributed by atoms with E-state index in [0.29, 0.717) is 13.0 Å². The number of carbonyl (C=O) groups is 1. The summed E-state index contributed by atoms with van der Waals surface area (Å²) in [6, 6.07) is 8.85. The Bertz CT molecular complexity index is 521. The van der Waals surface area contributed by atoms with Gasteiger partial charge in [0, 0.05) is 51.7 Å². The zero-order valence-corrected chi connectivity index (χ0v) is 14.0. The summed E-state index contributed by atoms with van der Waals surface area (Å²) in [5, 5.41) is 3.35. The fraction of sp³-hybridized carbons (Fsp3) is 0.611. The molecule has 0 saturated carbocycles. The first-order valence-electron chi connectivity index (χ1n) is 8.57. The quantitative estimate of drug-likeness (QED) is 0.900. The highest BCUT2D eigenvalue weighted by molar-refractivity contribution is 5.77. The molecule has 0 unspecified atom stereocenters. The Labute approximate surface area is 138 Å². The lowest BCUT2D eigenvalue weighted by atomic mass is 10.1. The molecular weight excluding hydrogens is 290 g/mol. The van der Waals surface area contributed by atoms with Crippen molar-refractivity contribution < 1.29 is 9.53 Å². The normalized spacial score (nSPS) is 23.0. The van der Waals surface area contributed by atoms with E-state index in [2.05, 4.69) is 41.4 Å². The van der Waals surface area contributed by atoms with Crippen LogP contribution in [0.5, 0.6) is 0 Å². The van der Waals surface area contributed by atoms with Gasteiger partial charge in [0.2, 0.25) is 5.91 Å². The Hall–Kier alpha value is -1.43. The number of nitrogens with zero attached hydrogens (tertiary/aromatic N) is 2. The summed E-state index contributed by atoms with van der Waals surface area (Å²) in [5.74, 6) is 0.253. The van der Waals surface area contributed by atoms with Crippen LogP contribution in [0.1, 0.15) is 17.5 Å². The second kappa shape index (κ2) is 7.90. The monoisotopic (exact) mass is 317 g/mol. The molecule has 5 heteroatoms. The van der Waals surface area contributed by atoms with Crippen LogP contribution in [0.25, 0.3) is 0 Å². The molecule has 3 rings (SSSR count). The van der Waals surface area contributed by atoms with Gasteiger partial charge >= 0.3 is 0 Å². The van der Waals surface area contributed by atoms with Crippen molar-refractivity contribution in [3.05, 3.63) is 35.4 Å². The van der Waals surface area contributed by atoms with E-state index in [0.717, 1.165) is 45.9 Å². The molecule has 0 bridgehead atoms. The first-order valence-corrected chi connectivity index (χ1v) is 8.57. The van der Waals surface area contributed by atoms with E-state index in [1.807, 2.05) is 4.90 Å². The van der Waals surface area contributed by atoms with Crippen molar-refractivity contribution in [3.8, 4) is 0 Å². The highest BCUT2D eigenvalue weighted by atomic mass is 16.5. The third-order valence-electron chi connectivity index (χ3n) is 4.63. The summed E-state index contributed by atoms with van der Waals surface area (Å²) < 4.78 is 5.42. The minimum absolute atomic E-state index is 0.182. The number of aryl methyl sites for hydroxylation is 1. The standard InChI is InChI=1S/C18H27N3O2/c1-15-3-2-4-16(11-15)13-20-6-8-21(9-7-20)18(22)12-17-14-23-10-5-19-17/h2-4,11,17,19H,5-10,12-14H2,1H3/t17-/m0/s1. The Morgan fingerprint density at radius 3 is 2.83 bits per heavy atom. The molecule has 126 valence electrons. The van der Waals surface area contributed by atoms with Crippen LogP contribution in [0.15, 0.2) is 24.3 Å². The second-order valence-electron chi connectivity index (χ2n) is 6.58. The molecule has 23 heavy (non-hydrogen) atoms. The van der Waals surface area contributed by atoms with E-state index in [1.54, 1.807) is 0 Å². The van der Waals surface area contributed by atoms with Gasteiger partial charge in [-0.05, 0) is 12.5 Å². The predicted molar refractivity (Wildman–Crippen MR) is 90.3 cm³/mol. The molecule has 0 spiro atoms. The smallest absolute Gasteiger partial charge is 0.224 e. The maximum absolute atomic E-state index is 12.4. The maximum atomic E-state index is 12.4. The Balaban J connectivity index is 1.43. The van der Waals surface area contributed by atoms with Crippen molar-refractivity contribution in [3.63, 3.8) is 0 Å². The van der Waals surface area contributed by atoms with Crippen molar-refractivity contribution in [1.29, 1.82) is 0 Å². The molecule has 0 aromatic heterocycles. The van der Waals surface area contributed by atoms with Crippen molar-refractivity contribution in [2.45, 2.75) is 25.9 Å². The average molecular weight is 317 g/mol. The molecule has 2 aliphatic heterocycles. The SMILES string of the molecule is Cc1cccc(CN2CCN(C(=O)C[C@H]3COCCN3)CC2)c1. The van der Waals surface area contributed by atoms with Gasteiger partial charge in [0.1, 0.15) is 0 Å². The van der Waals surface area contributed by atoms with Gasteiger partial charge in [-0.3, -0.25) is 9.69 Å². The third kappa shape index (κ3) is 4.77. The van der Waals surface area contributed by atoms with Crippen molar-refractivity contribution in [2.24, 2.45) is 0 Å². The molecule has 1 amide bonds. The van der Waals surface area contributed by atoms with Crippen molar-refractivity contribution >= 4 is 5.91 Å². The summed E-state index contributed by atoms with van der Waals surface area (Å²) in [7, 11) is 0. The topological polar surface area (TPSA) is 44.8 Å². The number of benzene rings is 1. The molecule has 2 saturated heterocycles. The van der Waals surface area contributed by atoms with E-state index in [4.69, 9.17) is 4.74 Å². The summed E-state index contributed by atoms with van der Waals surface area (Å²) >= 11 is 0. The summed E-state index contributed by atoms with van der Waals surface area (Å²) in [6.45, 7) is 8.92. The number of nitrogens with one attached hydrogen (secondary N) is 1. The van der Waals surface area contributed by atoms with Gasteiger partial charge in [0.25, 0.3) is 0 Å². The first-order chi connectivity index (χ1) is 11.2. The minimum atomic E-state index is 0.182. The number of morpholine rings is 1. The molecule has 1 aromatic carbocycles. The third-order valence-corrected chi connectivity index (χ3v) is 4.63. The summed E-state index contributed by atoms with van der Waals surface area (Å²) in [5.41, 5.74) is 2.66. The summed E-state index contributed by atoms with van der Waals surface area (Å²) in [4.78, 5) is 16.8. The lowest BCUT2D eigenvalue weighted by molar-refractivity contribution is -0.134. The van der Waals surface area contributed by atoms with E-state index >= 15 is 0 Å². The van der Waals surface area contributed by atoms with Crippen LogP contribution in [0.3, 0.4) is 0 Å². The van der Waals surface area contributed by atoms with Crippen LogP contribution in [0, 0.1) is 6.92 Å². The molecule has 1 atom stereocenters. The number of hydrogen-bond acceptors (Lipinski definition) is 4. The van der Waals surface area contributed by atoms with Crippen LogP contribution >= 0.6 is 0 Å². The number of rotatable bonds is 4. The first kappa shape index (κ1) is 16.4. The van der Waals surface area contributed by atoms with Crippen molar-refractivity contribution in [2.75, 3.05) is 45.9 Å². The Kier molecular flexibility index (Phi) is 5.65. The number of ether oxygens (including phenoxy) is 1. The van der Waals surface area contributed by atoms with Gasteiger partial charge in [0.15, 0.2) is 0 Å². The van der Waals surface area contributed by atoms with Crippen LogP contribution in [-0.2, 0) is 16.1 Å². The average Bonchev–Trinajstić information content (AvgIpc) is 2.56. The molecule has 1 aromatic rings. The van der Waals surface area contributed by atoms with E-state index in [9.17, 15) is 4.79 Å². The minimum Gasteiger partial charge on any atom is -0.378 e. The van der Waals surface area contributed by atoms with E-state index in [1.165, 1.54) is 11.1 Å². The molecule has 0 radical (unpaired) electrons. The van der Waals surface area contributed by atoms with Crippen LogP contribution in [0.4, 0.5) is 0 Å². The number of piperazine rings is 1. The van der Waals surface area contributed by atoms with Crippen LogP contribution in [0.2, 0.25) is 0 Å². The lowest BCUT2D eigenvalue weighted by Gasteiger charge is -2.36. The zero-order chi connectivity index (χ0) is 16.1. The van der Waals surface area contributed by atoms with Crippen LogP contribution < -0.4 is 5.32 Å². The molecule has 2 heterocycles. The largest absolute Gasteiger partial charge is 0.378 e. The van der Waals surface area contributed by atoms with Gasteiger partial charge in [-0.15, -0.1) is 0 Å². The van der Waals surface area contributed by atoms with Gasteiger partial charge in [-0.2, -0.15) is 0 Å². The highest BCUT2D eigenvalue weighted by Gasteiger charge is 2.24. The lowest BCUT2D eigenvalue weighted by Crippen LogP contribution is -2.51. The zero-order valence-electron chi connectivity index (χ0n) is 14.0. The fourth-order valence-electron chi connectivity index (χ4n) is 3.31. The molecule has 2 fully saturated rings. The Morgan fingerprint density at radius 2 is 2.13 bits per heavy atom. The molecule has 1 N–H and O–H groups in total. The molecule has 2 aliphatic rings. The van der Waals surface area contributed by atoms with Gasteiger partial charge < -0.3 is 15.0 Å². The fourth-order valence-corrected chi connectivity index (χ4v) is 3.31. The van der Waals surface area contributed by atoms with Gasteiger partial charge in [0.05, 0.1) is 13.2 Å². The number of carbonyl (C=O) groups excluding carboxylic acids is 1. The summed E-state index contributed by atoms with van der Waals surface area (Å²) in [6.07, 6.45) is 0.553. The number of amides is 1. The predicted octanol–water partition coefficient (Wildman–Crippen LogP) is 1.02. The second-order valence-corrected chi connectivity index (χ2v) is 6.58. The Morgan fingerprint density at radius 1 is 1.30 bits per heavy atom. The maximum Gasteiger partial charge on any atom is 0.224 e. The highest BCUT2D eigenvalue weighted by Crippen LogP contribution is 2.12. The van der Waals surface area contributed by atoms with Gasteiger partial charge in [-0.1, -0.05) is 29.8 Å². The van der Waals surface area contributed by atoms with Crippen LogP contribution in [-0.4, -0.2) is 67.7 Å². The van der Waals surface area contributed by atoms with E-state index in [-0.39, 0.29) is 11.9 Å². The van der Waals surface area contributed by atoms with E-state index < -0.39 is 0 Å². The molecule has 5 nitrogen and oxygen atoms in total. The molecule has 0 aliphatic carbocycles. The van der Waals surface area contributed by atoms with Gasteiger partial charge in [-0.25, -0.2) is 0 Å². The van der Waals surface area contributed by atoms with Crippen molar-refractivity contribution in [1.82, 2.24) is 15.1 Å².